The van der Waals surface area contributed by atoms with Gasteiger partial charge < -0.3 is 25.2 Å². The number of ether oxygens (including phenoxy) is 2. The van der Waals surface area contributed by atoms with Crippen LogP contribution in [0.5, 0.6) is 11.5 Å². The van der Waals surface area contributed by atoms with Gasteiger partial charge in [0.2, 0.25) is 6.79 Å². The minimum absolute atomic E-state index is 0.174. The molecule has 0 aliphatic carbocycles. The van der Waals surface area contributed by atoms with E-state index < -0.39 is 17.9 Å². The first-order chi connectivity index (χ1) is 12.5. The van der Waals surface area contributed by atoms with Gasteiger partial charge in [0.1, 0.15) is 11.7 Å². The number of aliphatic carboxylic acids is 1. The smallest absolute Gasteiger partial charge is 0.326 e. The highest BCUT2D eigenvalue weighted by Gasteiger charge is 2.26. The largest absolute Gasteiger partial charge is 0.480 e. The van der Waals surface area contributed by atoms with E-state index in [4.69, 9.17) is 9.47 Å². The molecule has 2 aromatic rings. The van der Waals surface area contributed by atoms with Crippen molar-refractivity contribution >= 4 is 34.0 Å². The zero-order valence-electron chi connectivity index (χ0n) is 14.3. The number of thiazole rings is 1. The van der Waals surface area contributed by atoms with Crippen molar-refractivity contribution in [3.8, 4) is 11.5 Å². The van der Waals surface area contributed by atoms with Crippen LogP contribution in [0.15, 0.2) is 23.6 Å². The summed E-state index contributed by atoms with van der Waals surface area (Å²) in [6, 6.07) is 4.44. The summed E-state index contributed by atoms with van der Waals surface area (Å²) in [6.45, 7) is 3.86. The van der Waals surface area contributed by atoms with Gasteiger partial charge in [-0.2, -0.15) is 0 Å². The van der Waals surface area contributed by atoms with Crippen LogP contribution in [0, 0.1) is 5.92 Å². The molecular weight excluding hydrogens is 358 g/mol. The number of anilines is 2. The van der Waals surface area contributed by atoms with Crippen LogP contribution in [0.2, 0.25) is 0 Å². The number of carbonyl (C=O) groups is 2. The van der Waals surface area contributed by atoms with E-state index in [0.717, 1.165) is 5.69 Å². The molecular formula is C17H19N3O5S. The van der Waals surface area contributed by atoms with Crippen molar-refractivity contribution in [2.75, 3.05) is 12.1 Å². The van der Waals surface area contributed by atoms with Gasteiger partial charge in [0.05, 0.1) is 0 Å². The Morgan fingerprint density at radius 1 is 1.35 bits per heavy atom. The number of carboxylic acids is 1. The lowest BCUT2D eigenvalue weighted by molar-refractivity contribution is -0.140. The highest BCUT2D eigenvalue weighted by atomic mass is 32.1. The molecule has 1 aliphatic rings. The first kappa shape index (κ1) is 18.0. The minimum Gasteiger partial charge on any atom is -0.480 e. The Kier molecular flexibility index (Phi) is 5.27. The summed E-state index contributed by atoms with van der Waals surface area (Å²) in [7, 11) is 0. The van der Waals surface area contributed by atoms with Gasteiger partial charge in [0.15, 0.2) is 16.6 Å². The predicted molar refractivity (Wildman–Crippen MR) is 96.3 cm³/mol. The van der Waals surface area contributed by atoms with Crippen molar-refractivity contribution < 1.29 is 24.2 Å². The van der Waals surface area contributed by atoms with Gasteiger partial charge in [-0.1, -0.05) is 20.3 Å². The molecule has 26 heavy (non-hydrogen) atoms. The molecule has 0 bridgehead atoms. The summed E-state index contributed by atoms with van der Waals surface area (Å²) in [4.78, 5) is 27.9. The average molecular weight is 377 g/mol. The highest BCUT2D eigenvalue weighted by molar-refractivity contribution is 7.14. The van der Waals surface area contributed by atoms with E-state index in [0.29, 0.717) is 23.1 Å². The van der Waals surface area contributed by atoms with Crippen LogP contribution in [0.25, 0.3) is 0 Å². The monoisotopic (exact) mass is 377 g/mol. The van der Waals surface area contributed by atoms with Gasteiger partial charge in [-0.3, -0.25) is 4.79 Å². The lowest BCUT2D eigenvalue weighted by atomic mass is 9.99. The van der Waals surface area contributed by atoms with Crippen molar-refractivity contribution in [1.82, 2.24) is 10.3 Å². The van der Waals surface area contributed by atoms with Gasteiger partial charge in [0.25, 0.3) is 5.91 Å². The van der Waals surface area contributed by atoms with Crippen LogP contribution < -0.4 is 20.1 Å². The Balaban J connectivity index is 1.67. The van der Waals surface area contributed by atoms with Crippen LogP contribution in [0.1, 0.15) is 30.8 Å². The average Bonchev–Trinajstić information content (AvgIpc) is 3.27. The lowest BCUT2D eigenvalue weighted by Gasteiger charge is -2.19. The number of carboxylic acid groups (broad SMARTS) is 1. The summed E-state index contributed by atoms with van der Waals surface area (Å²) >= 11 is 1.25. The Bertz CT molecular complexity index is 822. The van der Waals surface area contributed by atoms with E-state index in [2.05, 4.69) is 15.6 Å². The molecule has 138 valence electrons. The van der Waals surface area contributed by atoms with E-state index in [-0.39, 0.29) is 18.4 Å². The number of hydrogen-bond donors (Lipinski definition) is 3. The van der Waals surface area contributed by atoms with Crippen LogP contribution in [-0.2, 0) is 4.79 Å². The van der Waals surface area contributed by atoms with Crippen molar-refractivity contribution in [1.29, 1.82) is 0 Å². The lowest BCUT2D eigenvalue weighted by Crippen LogP contribution is -2.45. The topological polar surface area (TPSA) is 110 Å². The number of fused-ring (bicyclic) bond motifs is 1. The summed E-state index contributed by atoms with van der Waals surface area (Å²) in [5, 5.41) is 17.0. The van der Waals surface area contributed by atoms with Gasteiger partial charge in [-0.05, 0) is 18.1 Å². The molecule has 1 aliphatic heterocycles. The van der Waals surface area contributed by atoms with Crippen LogP contribution in [0.4, 0.5) is 10.8 Å². The molecule has 0 radical (unpaired) electrons. The Hall–Kier alpha value is -2.81. The van der Waals surface area contributed by atoms with Gasteiger partial charge in [-0.25, -0.2) is 9.78 Å². The van der Waals surface area contributed by atoms with Crippen molar-refractivity contribution in [2.45, 2.75) is 26.3 Å². The molecule has 0 saturated carbocycles. The first-order valence-corrected chi connectivity index (χ1v) is 9.01. The molecule has 2 unspecified atom stereocenters. The molecule has 1 aromatic carbocycles. The van der Waals surface area contributed by atoms with E-state index in [1.54, 1.807) is 24.4 Å². The number of amides is 1. The number of nitrogens with zero attached hydrogens (tertiary/aromatic N) is 1. The Labute approximate surface area is 154 Å². The first-order valence-electron chi connectivity index (χ1n) is 8.13. The number of carbonyl (C=O) groups excluding carboxylic acids is 1. The quantitative estimate of drug-likeness (QED) is 0.680. The van der Waals surface area contributed by atoms with Crippen molar-refractivity contribution in [2.24, 2.45) is 5.92 Å². The van der Waals surface area contributed by atoms with Crippen LogP contribution in [-0.4, -0.2) is 34.8 Å². The Morgan fingerprint density at radius 2 is 2.12 bits per heavy atom. The fourth-order valence-corrected chi connectivity index (χ4v) is 3.14. The fraction of sp³-hybridized carbons (Fsp3) is 0.353. The number of nitrogens with one attached hydrogen (secondary N) is 2. The molecule has 1 amide bonds. The van der Waals surface area contributed by atoms with Crippen LogP contribution in [0.3, 0.4) is 0 Å². The molecule has 0 fully saturated rings. The zero-order chi connectivity index (χ0) is 18.7. The van der Waals surface area contributed by atoms with Crippen molar-refractivity contribution in [3.05, 3.63) is 29.3 Å². The maximum atomic E-state index is 12.3. The van der Waals surface area contributed by atoms with Crippen LogP contribution >= 0.6 is 11.3 Å². The number of rotatable bonds is 7. The zero-order valence-corrected chi connectivity index (χ0v) is 15.1. The number of hydrogen-bond acceptors (Lipinski definition) is 7. The second-order valence-corrected chi connectivity index (χ2v) is 6.76. The molecule has 0 saturated heterocycles. The van der Waals surface area contributed by atoms with Gasteiger partial charge in [-0.15, -0.1) is 11.3 Å². The predicted octanol–water partition coefficient (Wildman–Crippen LogP) is 2.84. The third kappa shape index (κ3) is 3.88. The molecule has 2 heterocycles. The fourth-order valence-electron chi connectivity index (χ4n) is 2.43. The van der Waals surface area contributed by atoms with Crippen molar-refractivity contribution in [3.63, 3.8) is 0 Å². The standard InChI is InChI=1S/C17H19N3O5S/c1-3-9(2)14(16(22)23)20-15(21)11-7-26-17(19-11)18-10-4-5-12-13(6-10)25-8-24-12/h4-7,9,14H,3,8H2,1-2H3,(H,18,19)(H,20,21)(H,22,23). The summed E-state index contributed by atoms with van der Waals surface area (Å²) in [5.41, 5.74) is 0.923. The number of aromatic nitrogens is 1. The van der Waals surface area contributed by atoms with E-state index in [9.17, 15) is 14.7 Å². The Morgan fingerprint density at radius 3 is 2.85 bits per heavy atom. The molecule has 0 spiro atoms. The summed E-state index contributed by atoms with van der Waals surface area (Å²) in [6.07, 6.45) is 0.644. The maximum Gasteiger partial charge on any atom is 0.326 e. The normalized spacial score (nSPS) is 14.5. The van der Waals surface area contributed by atoms with E-state index in [1.807, 2.05) is 13.0 Å². The van der Waals surface area contributed by atoms with Gasteiger partial charge in [0, 0.05) is 17.1 Å². The number of benzene rings is 1. The third-order valence-electron chi connectivity index (χ3n) is 4.13. The summed E-state index contributed by atoms with van der Waals surface area (Å²) < 4.78 is 10.6. The molecule has 9 heteroatoms. The highest BCUT2D eigenvalue weighted by Crippen LogP contribution is 2.35. The second kappa shape index (κ2) is 7.61. The van der Waals surface area contributed by atoms with E-state index >= 15 is 0 Å². The third-order valence-corrected chi connectivity index (χ3v) is 4.88. The molecule has 2 atom stereocenters. The van der Waals surface area contributed by atoms with Gasteiger partial charge >= 0.3 is 5.97 Å². The maximum absolute atomic E-state index is 12.3. The SMILES string of the molecule is CCC(C)C(NC(=O)c1csc(Nc2ccc3c(c2)OCO3)n1)C(=O)O. The summed E-state index contributed by atoms with van der Waals surface area (Å²) in [5.74, 6) is -0.419. The molecule has 8 nitrogen and oxygen atoms in total. The molecule has 3 N–H and O–H groups in total. The minimum atomic E-state index is -1.05. The molecule has 3 rings (SSSR count). The van der Waals surface area contributed by atoms with E-state index in [1.165, 1.54) is 11.3 Å². The molecule has 1 aromatic heterocycles. The second-order valence-electron chi connectivity index (χ2n) is 5.91.